The van der Waals surface area contributed by atoms with Crippen LogP contribution in [0.15, 0.2) is 30.3 Å². The maximum Gasteiger partial charge on any atom is 0.315 e. The van der Waals surface area contributed by atoms with Gasteiger partial charge in [-0.15, -0.1) is 10.2 Å². The topological polar surface area (TPSA) is 71.8 Å². The Hall–Kier alpha value is -2.37. The zero-order valence-corrected chi connectivity index (χ0v) is 12.7. The van der Waals surface area contributed by atoms with Crippen molar-refractivity contribution in [3.63, 3.8) is 0 Å². The summed E-state index contributed by atoms with van der Waals surface area (Å²) in [6.07, 6.45) is 2.52. The van der Waals surface area contributed by atoms with Crippen LogP contribution in [0.3, 0.4) is 0 Å². The number of hydrogen-bond acceptors (Lipinski definition) is 3. The second kappa shape index (κ2) is 6.60. The number of amides is 2. The van der Waals surface area contributed by atoms with Gasteiger partial charge in [-0.05, 0) is 18.9 Å². The van der Waals surface area contributed by atoms with Crippen LogP contribution in [0, 0.1) is 0 Å². The fourth-order valence-electron chi connectivity index (χ4n) is 2.81. The van der Waals surface area contributed by atoms with Crippen molar-refractivity contribution in [3.05, 3.63) is 47.5 Å². The SMILES string of the molecule is CCNC(=O)N[C@@H]1CCc2nnc(Cc3ccccc3)n2C1. The first-order chi connectivity index (χ1) is 10.8. The van der Waals surface area contributed by atoms with Gasteiger partial charge in [0.15, 0.2) is 0 Å². The van der Waals surface area contributed by atoms with Gasteiger partial charge in [-0.1, -0.05) is 30.3 Å². The van der Waals surface area contributed by atoms with E-state index in [1.807, 2.05) is 25.1 Å². The molecule has 3 rings (SSSR count). The highest BCUT2D eigenvalue weighted by atomic mass is 16.2. The second-order valence-electron chi connectivity index (χ2n) is 5.54. The summed E-state index contributed by atoms with van der Waals surface area (Å²) >= 11 is 0. The van der Waals surface area contributed by atoms with Crippen molar-refractivity contribution in [1.82, 2.24) is 25.4 Å². The number of fused-ring (bicyclic) bond motifs is 1. The molecule has 1 atom stereocenters. The van der Waals surface area contributed by atoms with Crippen LogP contribution in [0.5, 0.6) is 0 Å². The number of aromatic nitrogens is 3. The molecule has 0 spiro atoms. The van der Waals surface area contributed by atoms with Crippen LogP contribution in [0.2, 0.25) is 0 Å². The summed E-state index contributed by atoms with van der Waals surface area (Å²) < 4.78 is 2.15. The Labute approximate surface area is 129 Å². The molecule has 1 aromatic heterocycles. The molecule has 1 aromatic carbocycles. The van der Waals surface area contributed by atoms with Gasteiger partial charge < -0.3 is 15.2 Å². The fourth-order valence-corrected chi connectivity index (χ4v) is 2.81. The molecule has 22 heavy (non-hydrogen) atoms. The van der Waals surface area contributed by atoms with Gasteiger partial charge in [0.05, 0.1) is 0 Å². The molecule has 0 saturated heterocycles. The maximum atomic E-state index is 11.7. The van der Waals surface area contributed by atoms with Crippen LogP contribution in [0.25, 0.3) is 0 Å². The smallest absolute Gasteiger partial charge is 0.315 e. The van der Waals surface area contributed by atoms with Crippen molar-refractivity contribution in [2.75, 3.05) is 6.54 Å². The first kappa shape index (κ1) is 14.6. The highest BCUT2D eigenvalue weighted by molar-refractivity contribution is 5.74. The van der Waals surface area contributed by atoms with Crippen LogP contribution in [-0.2, 0) is 19.4 Å². The summed E-state index contributed by atoms with van der Waals surface area (Å²) in [5.41, 5.74) is 1.22. The Morgan fingerprint density at radius 2 is 2.14 bits per heavy atom. The minimum Gasteiger partial charge on any atom is -0.338 e. The van der Waals surface area contributed by atoms with Crippen LogP contribution in [0.4, 0.5) is 4.79 Å². The lowest BCUT2D eigenvalue weighted by atomic mass is 10.1. The van der Waals surface area contributed by atoms with E-state index >= 15 is 0 Å². The van der Waals surface area contributed by atoms with E-state index in [-0.39, 0.29) is 12.1 Å². The number of urea groups is 1. The summed E-state index contributed by atoms with van der Waals surface area (Å²) in [5.74, 6) is 1.98. The first-order valence-corrected chi connectivity index (χ1v) is 7.75. The molecule has 0 saturated carbocycles. The summed E-state index contributed by atoms with van der Waals surface area (Å²) in [5, 5.41) is 14.4. The third kappa shape index (κ3) is 3.27. The number of nitrogens with one attached hydrogen (secondary N) is 2. The second-order valence-corrected chi connectivity index (χ2v) is 5.54. The minimum absolute atomic E-state index is 0.103. The van der Waals surface area contributed by atoms with E-state index in [1.165, 1.54) is 5.56 Å². The number of carbonyl (C=O) groups is 1. The molecule has 1 aliphatic rings. The summed E-state index contributed by atoms with van der Waals surface area (Å²) in [4.78, 5) is 11.7. The highest BCUT2D eigenvalue weighted by Crippen LogP contribution is 2.17. The van der Waals surface area contributed by atoms with Crippen molar-refractivity contribution in [1.29, 1.82) is 0 Å². The molecule has 2 amide bonds. The number of carbonyl (C=O) groups excluding carboxylic acids is 1. The van der Waals surface area contributed by atoms with Crippen molar-refractivity contribution < 1.29 is 4.79 Å². The molecule has 2 aromatic rings. The average Bonchev–Trinajstić information content (AvgIpc) is 2.91. The summed E-state index contributed by atoms with van der Waals surface area (Å²) in [7, 11) is 0. The van der Waals surface area contributed by atoms with Gasteiger partial charge in [-0.2, -0.15) is 0 Å². The minimum atomic E-state index is -0.103. The molecule has 2 heterocycles. The predicted molar refractivity (Wildman–Crippen MR) is 83.6 cm³/mol. The number of aryl methyl sites for hydroxylation is 1. The number of rotatable bonds is 4. The molecule has 0 aliphatic carbocycles. The lowest BCUT2D eigenvalue weighted by Gasteiger charge is -2.25. The third-order valence-electron chi connectivity index (χ3n) is 3.90. The average molecular weight is 299 g/mol. The quantitative estimate of drug-likeness (QED) is 0.899. The Balaban J connectivity index is 1.70. The Morgan fingerprint density at radius 3 is 2.91 bits per heavy atom. The number of hydrogen-bond donors (Lipinski definition) is 2. The normalized spacial score (nSPS) is 16.9. The predicted octanol–water partition coefficient (Wildman–Crippen LogP) is 1.50. The third-order valence-corrected chi connectivity index (χ3v) is 3.90. The molecule has 116 valence electrons. The van der Waals surface area contributed by atoms with Gasteiger partial charge in [-0.25, -0.2) is 4.79 Å². The molecule has 1 aliphatic heterocycles. The Morgan fingerprint density at radius 1 is 1.32 bits per heavy atom. The zero-order chi connectivity index (χ0) is 15.4. The lowest BCUT2D eigenvalue weighted by molar-refractivity contribution is 0.233. The Bertz CT molecular complexity index is 637. The van der Waals surface area contributed by atoms with Gasteiger partial charge >= 0.3 is 6.03 Å². The summed E-state index contributed by atoms with van der Waals surface area (Å²) in [6, 6.07) is 10.3. The number of nitrogens with zero attached hydrogens (tertiary/aromatic N) is 3. The summed E-state index contributed by atoms with van der Waals surface area (Å²) in [6.45, 7) is 3.29. The van der Waals surface area contributed by atoms with Gasteiger partial charge in [-0.3, -0.25) is 0 Å². The molecular formula is C16H21N5O. The standard InChI is InChI=1S/C16H21N5O/c1-2-17-16(22)18-13-8-9-14-19-20-15(21(14)11-13)10-12-6-4-3-5-7-12/h3-7,13H,2,8-11H2,1H3,(H2,17,18,22)/t13-/m1/s1. The first-order valence-electron chi connectivity index (χ1n) is 7.75. The molecular weight excluding hydrogens is 278 g/mol. The van der Waals surface area contributed by atoms with E-state index in [4.69, 9.17) is 0 Å². The molecule has 0 bridgehead atoms. The highest BCUT2D eigenvalue weighted by Gasteiger charge is 2.23. The van der Waals surface area contributed by atoms with Crippen molar-refractivity contribution in [2.24, 2.45) is 0 Å². The largest absolute Gasteiger partial charge is 0.338 e. The van der Waals surface area contributed by atoms with E-state index in [1.54, 1.807) is 0 Å². The molecule has 6 nitrogen and oxygen atoms in total. The van der Waals surface area contributed by atoms with Gasteiger partial charge in [0.2, 0.25) is 0 Å². The van der Waals surface area contributed by atoms with Crippen molar-refractivity contribution in [2.45, 2.75) is 38.8 Å². The Kier molecular flexibility index (Phi) is 4.37. The van der Waals surface area contributed by atoms with E-state index < -0.39 is 0 Å². The lowest BCUT2D eigenvalue weighted by Crippen LogP contribution is -2.46. The molecule has 0 fully saturated rings. The monoisotopic (exact) mass is 299 g/mol. The molecule has 2 N–H and O–H groups in total. The van der Waals surface area contributed by atoms with Gasteiger partial charge in [0, 0.05) is 32.0 Å². The van der Waals surface area contributed by atoms with Crippen molar-refractivity contribution in [3.8, 4) is 0 Å². The molecule has 0 radical (unpaired) electrons. The molecule has 6 heteroatoms. The van der Waals surface area contributed by atoms with Gasteiger partial charge in [0.1, 0.15) is 11.6 Å². The van der Waals surface area contributed by atoms with Gasteiger partial charge in [0.25, 0.3) is 0 Å². The van der Waals surface area contributed by atoms with Crippen LogP contribution in [0.1, 0.15) is 30.6 Å². The van der Waals surface area contributed by atoms with E-state index in [9.17, 15) is 4.79 Å². The van der Waals surface area contributed by atoms with Crippen LogP contribution < -0.4 is 10.6 Å². The maximum absolute atomic E-state index is 11.7. The van der Waals surface area contributed by atoms with Crippen LogP contribution in [-0.4, -0.2) is 33.4 Å². The fraction of sp³-hybridized carbons (Fsp3) is 0.438. The number of benzene rings is 1. The zero-order valence-electron chi connectivity index (χ0n) is 12.7. The molecule has 0 unspecified atom stereocenters. The van der Waals surface area contributed by atoms with E-state index in [2.05, 4.69) is 37.5 Å². The van der Waals surface area contributed by atoms with Crippen molar-refractivity contribution >= 4 is 6.03 Å². The van der Waals surface area contributed by atoms with E-state index in [0.29, 0.717) is 6.54 Å². The van der Waals surface area contributed by atoms with Crippen LogP contribution >= 0.6 is 0 Å². The van der Waals surface area contributed by atoms with E-state index in [0.717, 1.165) is 37.5 Å².